The molecule has 1 aromatic heterocycles. The van der Waals surface area contributed by atoms with Crippen molar-refractivity contribution in [3.8, 4) is 0 Å². The zero-order valence-electron chi connectivity index (χ0n) is 14.8. The van der Waals surface area contributed by atoms with Crippen molar-refractivity contribution in [2.45, 2.75) is 12.6 Å². The van der Waals surface area contributed by atoms with Crippen LogP contribution in [0, 0.1) is 11.6 Å². The van der Waals surface area contributed by atoms with Gasteiger partial charge in [0.1, 0.15) is 11.6 Å². The molecule has 0 aliphatic rings. The predicted octanol–water partition coefficient (Wildman–Crippen LogP) is 3.66. The Hall–Kier alpha value is -1.67. The lowest BCUT2D eigenvalue weighted by molar-refractivity contribution is 0.119. The molecule has 1 atom stereocenters. The molecule has 7 heteroatoms. The number of aromatic nitrogens is 1. The summed E-state index contributed by atoms with van der Waals surface area (Å²) in [6.07, 6.45) is 1.32. The van der Waals surface area contributed by atoms with Crippen molar-refractivity contribution in [1.29, 1.82) is 0 Å². The molecule has 0 fully saturated rings. The predicted molar refractivity (Wildman–Crippen MR) is 102 cm³/mol. The Bertz CT molecular complexity index is 841. The van der Waals surface area contributed by atoms with Gasteiger partial charge in [-0.05, 0) is 42.7 Å². The maximum Gasteiger partial charge on any atom is 0.123 e. The number of ether oxygens (including phenoxy) is 1. The summed E-state index contributed by atoms with van der Waals surface area (Å²) in [4.78, 5) is 0. The number of hydrogen-bond acceptors (Lipinski definition) is 4. The SMILES string of the molecule is COCCN(CC(O)Cn1c2ccc(F)cc2c2cc(F)ccc21)SC. The maximum absolute atomic E-state index is 13.7. The number of fused-ring (bicyclic) bond motifs is 3. The highest BCUT2D eigenvalue weighted by atomic mass is 32.2. The smallest absolute Gasteiger partial charge is 0.123 e. The molecule has 1 heterocycles. The van der Waals surface area contributed by atoms with E-state index in [0.717, 1.165) is 11.0 Å². The molecule has 3 rings (SSSR count). The molecule has 0 aliphatic heterocycles. The van der Waals surface area contributed by atoms with Crippen molar-refractivity contribution < 1.29 is 18.6 Å². The van der Waals surface area contributed by atoms with Gasteiger partial charge in [0.2, 0.25) is 0 Å². The van der Waals surface area contributed by atoms with Gasteiger partial charge in [0.05, 0.1) is 19.3 Å². The van der Waals surface area contributed by atoms with Crippen LogP contribution in [0.15, 0.2) is 36.4 Å². The molecule has 0 radical (unpaired) electrons. The Morgan fingerprint density at radius 1 is 1.12 bits per heavy atom. The standard InChI is InChI=1S/C19H22F2N2O2S/c1-25-8-7-22(26-2)11-15(24)12-23-18-5-3-13(20)9-16(18)17-10-14(21)4-6-19(17)23/h3-6,9-10,15,24H,7-8,11-12H2,1-2H3. The van der Waals surface area contributed by atoms with Gasteiger partial charge in [0.15, 0.2) is 0 Å². The van der Waals surface area contributed by atoms with Crippen molar-refractivity contribution >= 4 is 33.8 Å². The average molecular weight is 380 g/mol. The van der Waals surface area contributed by atoms with Crippen molar-refractivity contribution in [3.05, 3.63) is 48.0 Å². The van der Waals surface area contributed by atoms with E-state index >= 15 is 0 Å². The van der Waals surface area contributed by atoms with Gasteiger partial charge in [-0.1, -0.05) is 11.9 Å². The number of rotatable bonds is 8. The van der Waals surface area contributed by atoms with Crippen LogP contribution >= 0.6 is 11.9 Å². The second-order valence-corrected chi connectivity index (χ2v) is 7.03. The van der Waals surface area contributed by atoms with Crippen LogP contribution in [0.4, 0.5) is 8.78 Å². The quantitative estimate of drug-likeness (QED) is 0.605. The molecule has 1 N–H and O–H groups in total. The Balaban J connectivity index is 1.93. The van der Waals surface area contributed by atoms with Crippen LogP contribution in [0.5, 0.6) is 0 Å². The number of aliphatic hydroxyl groups excluding tert-OH is 1. The second-order valence-electron chi connectivity index (χ2n) is 6.15. The van der Waals surface area contributed by atoms with E-state index in [1.54, 1.807) is 31.2 Å². The lowest BCUT2D eigenvalue weighted by Crippen LogP contribution is -2.32. The summed E-state index contributed by atoms with van der Waals surface area (Å²) >= 11 is 1.55. The van der Waals surface area contributed by atoms with Crippen LogP contribution in [0.1, 0.15) is 0 Å². The van der Waals surface area contributed by atoms with E-state index in [9.17, 15) is 13.9 Å². The molecule has 0 aliphatic carbocycles. The Morgan fingerprint density at radius 2 is 1.69 bits per heavy atom. The summed E-state index contributed by atoms with van der Waals surface area (Å²) in [5, 5.41) is 11.9. The highest BCUT2D eigenvalue weighted by molar-refractivity contribution is 7.96. The lowest BCUT2D eigenvalue weighted by atomic mass is 10.1. The molecule has 0 saturated heterocycles. The van der Waals surface area contributed by atoms with Gasteiger partial charge in [0, 0.05) is 42.0 Å². The molecule has 1 unspecified atom stereocenters. The lowest BCUT2D eigenvalue weighted by Gasteiger charge is -2.23. The van der Waals surface area contributed by atoms with Crippen molar-refractivity contribution in [2.24, 2.45) is 0 Å². The topological polar surface area (TPSA) is 37.6 Å². The fraction of sp³-hybridized carbons (Fsp3) is 0.368. The molecule has 0 saturated carbocycles. The summed E-state index contributed by atoms with van der Waals surface area (Å²) in [7, 11) is 1.64. The molecule has 26 heavy (non-hydrogen) atoms. The van der Waals surface area contributed by atoms with E-state index in [1.807, 2.05) is 15.1 Å². The molecule has 4 nitrogen and oxygen atoms in total. The molecular weight excluding hydrogens is 358 g/mol. The van der Waals surface area contributed by atoms with Crippen molar-refractivity contribution in [1.82, 2.24) is 8.87 Å². The third kappa shape index (κ3) is 4.01. The van der Waals surface area contributed by atoms with Gasteiger partial charge in [-0.2, -0.15) is 0 Å². The fourth-order valence-electron chi connectivity index (χ4n) is 3.20. The summed E-state index contributed by atoms with van der Waals surface area (Å²) in [5.41, 5.74) is 1.55. The van der Waals surface area contributed by atoms with Gasteiger partial charge in [0.25, 0.3) is 0 Å². The van der Waals surface area contributed by atoms with E-state index in [1.165, 1.54) is 24.3 Å². The van der Waals surface area contributed by atoms with Crippen molar-refractivity contribution in [3.63, 3.8) is 0 Å². The third-order valence-corrected chi connectivity index (χ3v) is 5.25. The van der Waals surface area contributed by atoms with Gasteiger partial charge >= 0.3 is 0 Å². The van der Waals surface area contributed by atoms with Gasteiger partial charge in [-0.15, -0.1) is 0 Å². The summed E-state index contributed by atoms with van der Waals surface area (Å²) in [6.45, 7) is 2.09. The minimum Gasteiger partial charge on any atom is -0.390 e. The summed E-state index contributed by atoms with van der Waals surface area (Å²) in [5.74, 6) is -0.732. The Kier molecular flexibility index (Phi) is 6.13. The van der Waals surface area contributed by atoms with E-state index in [-0.39, 0.29) is 11.6 Å². The highest BCUT2D eigenvalue weighted by Gasteiger charge is 2.17. The van der Waals surface area contributed by atoms with Crippen LogP contribution < -0.4 is 0 Å². The van der Waals surface area contributed by atoms with Crippen LogP contribution in [0.2, 0.25) is 0 Å². The van der Waals surface area contributed by atoms with Crippen LogP contribution in [-0.4, -0.2) is 53.1 Å². The first-order chi connectivity index (χ1) is 12.5. The minimum atomic E-state index is -0.631. The molecule has 3 aromatic rings. The van der Waals surface area contributed by atoms with Crippen LogP contribution in [-0.2, 0) is 11.3 Å². The zero-order chi connectivity index (χ0) is 18.7. The first-order valence-electron chi connectivity index (χ1n) is 8.36. The van der Waals surface area contributed by atoms with E-state index in [4.69, 9.17) is 4.74 Å². The van der Waals surface area contributed by atoms with Crippen LogP contribution in [0.25, 0.3) is 21.8 Å². The van der Waals surface area contributed by atoms with E-state index in [2.05, 4.69) is 0 Å². The number of hydrogen-bond donors (Lipinski definition) is 1. The second kappa shape index (κ2) is 8.35. The highest BCUT2D eigenvalue weighted by Crippen LogP contribution is 2.30. The average Bonchev–Trinajstić information content (AvgIpc) is 2.91. The Morgan fingerprint density at radius 3 is 2.19 bits per heavy atom. The normalized spacial score (nSPS) is 13.2. The van der Waals surface area contributed by atoms with Gasteiger partial charge in [-0.3, -0.25) is 0 Å². The molecule has 2 aromatic carbocycles. The fourth-order valence-corrected chi connectivity index (χ4v) is 3.78. The molecule has 0 amide bonds. The minimum absolute atomic E-state index is 0.335. The monoisotopic (exact) mass is 380 g/mol. The Labute approximate surface area is 155 Å². The first-order valence-corrected chi connectivity index (χ1v) is 9.54. The van der Waals surface area contributed by atoms with Gasteiger partial charge in [-0.25, -0.2) is 13.1 Å². The molecular formula is C19H22F2N2O2S. The maximum atomic E-state index is 13.7. The summed E-state index contributed by atoms with van der Waals surface area (Å²) in [6, 6.07) is 8.93. The molecule has 140 valence electrons. The van der Waals surface area contributed by atoms with E-state index < -0.39 is 6.10 Å². The van der Waals surface area contributed by atoms with Crippen molar-refractivity contribution in [2.75, 3.05) is 33.1 Å². The third-order valence-electron chi connectivity index (χ3n) is 4.40. The molecule has 0 bridgehead atoms. The number of halogens is 2. The number of nitrogens with zero attached hydrogens (tertiary/aromatic N) is 2. The largest absolute Gasteiger partial charge is 0.390 e. The van der Waals surface area contributed by atoms with Crippen LogP contribution in [0.3, 0.4) is 0 Å². The zero-order valence-corrected chi connectivity index (χ0v) is 15.6. The van der Waals surface area contributed by atoms with E-state index in [0.29, 0.717) is 37.0 Å². The number of methoxy groups -OCH3 is 1. The first kappa shape index (κ1) is 19.1. The van der Waals surface area contributed by atoms with Gasteiger partial charge < -0.3 is 14.4 Å². The summed E-state index contributed by atoms with van der Waals surface area (Å²) < 4.78 is 36.4. The number of aliphatic hydroxyl groups is 1. The number of benzene rings is 2. The molecule has 0 spiro atoms.